The molecule has 0 bridgehead atoms. The SMILES string of the molecule is c1ccc(-c2cccc(-c3cc(-n4c5ccccc5c5c(-c6nc(-c7ccccc7)nc(-c7ccccc7)n6)cccc54)cc4c3sc3ccccc34)c2)cc1. The highest BCUT2D eigenvalue weighted by atomic mass is 32.1. The summed E-state index contributed by atoms with van der Waals surface area (Å²) in [5.74, 6) is 1.93. The Bertz CT molecular complexity index is 3180. The number of para-hydroxylation sites is 1. The molecule has 56 heavy (non-hydrogen) atoms. The summed E-state index contributed by atoms with van der Waals surface area (Å²) in [6, 6.07) is 68.6. The van der Waals surface area contributed by atoms with Gasteiger partial charge in [0.15, 0.2) is 17.5 Å². The van der Waals surface area contributed by atoms with Crippen molar-refractivity contribution < 1.29 is 0 Å². The monoisotopic (exact) mass is 732 g/mol. The van der Waals surface area contributed by atoms with Crippen molar-refractivity contribution in [3.63, 3.8) is 0 Å². The van der Waals surface area contributed by atoms with Gasteiger partial charge in [0.05, 0.1) is 11.0 Å². The third-order valence-corrected chi connectivity index (χ3v) is 11.9. The quantitative estimate of drug-likeness (QED) is 0.171. The van der Waals surface area contributed by atoms with Crippen molar-refractivity contribution in [1.82, 2.24) is 19.5 Å². The van der Waals surface area contributed by atoms with Gasteiger partial charge in [-0.25, -0.2) is 15.0 Å². The zero-order chi connectivity index (χ0) is 37.0. The van der Waals surface area contributed by atoms with Crippen molar-refractivity contribution in [2.75, 3.05) is 0 Å². The Labute approximate surface area is 327 Å². The molecule has 3 aromatic heterocycles. The fraction of sp³-hybridized carbons (Fsp3) is 0. The molecule has 0 aliphatic rings. The number of nitrogens with zero attached hydrogens (tertiary/aromatic N) is 4. The van der Waals surface area contributed by atoms with Crippen LogP contribution in [0.3, 0.4) is 0 Å². The summed E-state index contributed by atoms with van der Waals surface area (Å²) >= 11 is 1.86. The Hall–Kier alpha value is -7.21. The van der Waals surface area contributed by atoms with E-state index >= 15 is 0 Å². The molecule has 0 aliphatic heterocycles. The highest BCUT2D eigenvalue weighted by Gasteiger charge is 2.21. The van der Waals surface area contributed by atoms with Crippen molar-refractivity contribution >= 4 is 53.3 Å². The van der Waals surface area contributed by atoms with Gasteiger partial charge in [-0.3, -0.25) is 0 Å². The number of hydrogen-bond donors (Lipinski definition) is 0. The Morgan fingerprint density at radius 1 is 0.357 bits per heavy atom. The summed E-state index contributed by atoms with van der Waals surface area (Å²) in [6.07, 6.45) is 0. The Morgan fingerprint density at radius 2 is 0.911 bits per heavy atom. The van der Waals surface area contributed by atoms with E-state index < -0.39 is 0 Å². The normalized spacial score (nSPS) is 11.6. The van der Waals surface area contributed by atoms with Crippen LogP contribution in [0.2, 0.25) is 0 Å². The van der Waals surface area contributed by atoms with Gasteiger partial charge in [0.1, 0.15) is 0 Å². The lowest BCUT2D eigenvalue weighted by molar-refractivity contribution is 1.08. The Balaban J connectivity index is 1.18. The molecular formula is C51H32N4S. The number of thiophene rings is 1. The van der Waals surface area contributed by atoms with Crippen molar-refractivity contribution in [2.24, 2.45) is 0 Å². The molecule has 5 heteroatoms. The van der Waals surface area contributed by atoms with E-state index in [1.807, 2.05) is 47.7 Å². The van der Waals surface area contributed by atoms with Gasteiger partial charge in [-0.2, -0.15) is 0 Å². The van der Waals surface area contributed by atoms with E-state index in [1.165, 1.54) is 42.4 Å². The minimum atomic E-state index is 0.643. The lowest BCUT2D eigenvalue weighted by Gasteiger charge is -2.13. The molecule has 262 valence electrons. The molecular weight excluding hydrogens is 701 g/mol. The predicted octanol–water partition coefficient (Wildman–Crippen LogP) is 13.7. The maximum absolute atomic E-state index is 5.16. The topological polar surface area (TPSA) is 43.6 Å². The second-order valence-corrected chi connectivity index (χ2v) is 15.1. The summed E-state index contributed by atoms with van der Waals surface area (Å²) in [6.45, 7) is 0. The standard InChI is InChI=1S/C51H32N4S/c1-4-16-33(17-5-1)36-22-14-23-37(30-36)42-31-38(32-43-39-24-11-13-29-46(39)56-48(42)43)55-44-27-12-10-25-40(44)47-41(26-15-28-45(47)55)51-53-49(34-18-6-2-7-19-34)52-50(54-51)35-20-8-3-9-21-35/h1-32H. The summed E-state index contributed by atoms with van der Waals surface area (Å²) < 4.78 is 4.98. The average Bonchev–Trinajstić information content (AvgIpc) is 3.83. The molecule has 3 heterocycles. The van der Waals surface area contributed by atoms with Gasteiger partial charge in [-0.15, -0.1) is 11.3 Å². The van der Waals surface area contributed by atoms with Crippen molar-refractivity contribution in [1.29, 1.82) is 0 Å². The van der Waals surface area contributed by atoms with Crippen LogP contribution in [0, 0.1) is 0 Å². The third kappa shape index (κ3) is 5.40. The van der Waals surface area contributed by atoms with Gasteiger partial charge in [0.25, 0.3) is 0 Å². The van der Waals surface area contributed by atoms with Crippen LogP contribution in [-0.2, 0) is 0 Å². The smallest absolute Gasteiger partial charge is 0.164 e. The highest BCUT2D eigenvalue weighted by Crippen LogP contribution is 2.45. The van der Waals surface area contributed by atoms with Crippen molar-refractivity contribution in [3.05, 3.63) is 194 Å². The van der Waals surface area contributed by atoms with Crippen LogP contribution in [0.5, 0.6) is 0 Å². The summed E-state index contributed by atoms with van der Waals surface area (Å²) in [7, 11) is 0. The molecule has 0 atom stereocenters. The maximum atomic E-state index is 5.16. The van der Waals surface area contributed by atoms with Gasteiger partial charge >= 0.3 is 0 Å². The first kappa shape index (κ1) is 32.2. The second kappa shape index (κ2) is 13.3. The van der Waals surface area contributed by atoms with E-state index in [4.69, 9.17) is 15.0 Å². The van der Waals surface area contributed by atoms with Gasteiger partial charge < -0.3 is 4.57 Å². The highest BCUT2D eigenvalue weighted by molar-refractivity contribution is 7.26. The van der Waals surface area contributed by atoms with Crippen LogP contribution in [-0.4, -0.2) is 19.5 Å². The van der Waals surface area contributed by atoms with Gasteiger partial charge in [-0.1, -0.05) is 158 Å². The maximum Gasteiger partial charge on any atom is 0.164 e. The zero-order valence-electron chi connectivity index (χ0n) is 30.2. The lowest BCUT2D eigenvalue weighted by Crippen LogP contribution is -2.00. The number of aromatic nitrogens is 4. The minimum absolute atomic E-state index is 0.643. The van der Waals surface area contributed by atoms with Crippen LogP contribution in [0.25, 0.3) is 104 Å². The zero-order valence-corrected chi connectivity index (χ0v) is 31.0. The van der Waals surface area contributed by atoms with Crippen LogP contribution in [0.15, 0.2) is 194 Å². The molecule has 11 rings (SSSR count). The van der Waals surface area contributed by atoms with Gasteiger partial charge in [0.2, 0.25) is 0 Å². The number of benzene rings is 8. The summed E-state index contributed by atoms with van der Waals surface area (Å²) in [4.78, 5) is 15.3. The molecule has 0 saturated carbocycles. The third-order valence-electron chi connectivity index (χ3n) is 10.6. The first-order valence-electron chi connectivity index (χ1n) is 18.8. The van der Waals surface area contributed by atoms with E-state index in [0.717, 1.165) is 44.2 Å². The van der Waals surface area contributed by atoms with Crippen LogP contribution >= 0.6 is 11.3 Å². The van der Waals surface area contributed by atoms with Crippen LogP contribution < -0.4 is 0 Å². The van der Waals surface area contributed by atoms with Crippen LogP contribution in [0.1, 0.15) is 0 Å². The van der Waals surface area contributed by atoms with E-state index in [1.54, 1.807) is 0 Å². The molecule has 0 spiro atoms. The number of fused-ring (bicyclic) bond motifs is 6. The first-order valence-corrected chi connectivity index (χ1v) is 19.6. The van der Waals surface area contributed by atoms with Gasteiger partial charge in [-0.05, 0) is 53.1 Å². The first-order chi connectivity index (χ1) is 27.8. The molecule has 0 fully saturated rings. The molecule has 11 aromatic rings. The van der Waals surface area contributed by atoms with E-state index in [2.05, 4.69) is 162 Å². The molecule has 0 radical (unpaired) electrons. The fourth-order valence-electron chi connectivity index (χ4n) is 8.07. The van der Waals surface area contributed by atoms with E-state index in [9.17, 15) is 0 Å². The fourth-order valence-corrected chi connectivity index (χ4v) is 9.29. The molecule has 0 aliphatic carbocycles. The summed E-state index contributed by atoms with van der Waals surface area (Å²) in [5.41, 5.74) is 11.0. The average molecular weight is 733 g/mol. The molecule has 8 aromatic carbocycles. The minimum Gasteiger partial charge on any atom is -0.309 e. The van der Waals surface area contributed by atoms with Crippen molar-refractivity contribution in [3.8, 4) is 62.1 Å². The lowest BCUT2D eigenvalue weighted by atomic mass is 9.97. The van der Waals surface area contributed by atoms with Crippen LogP contribution in [0.4, 0.5) is 0 Å². The number of hydrogen-bond acceptors (Lipinski definition) is 4. The largest absolute Gasteiger partial charge is 0.309 e. The Morgan fingerprint density at radius 3 is 1.64 bits per heavy atom. The molecule has 0 amide bonds. The van der Waals surface area contributed by atoms with Crippen molar-refractivity contribution in [2.45, 2.75) is 0 Å². The predicted molar refractivity (Wildman–Crippen MR) is 234 cm³/mol. The molecule has 4 nitrogen and oxygen atoms in total. The number of rotatable bonds is 6. The Kier molecular flexibility index (Phi) is 7.64. The second-order valence-electron chi connectivity index (χ2n) is 14.0. The molecule has 0 N–H and O–H groups in total. The molecule has 0 saturated heterocycles. The summed E-state index contributed by atoms with van der Waals surface area (Å²) in [5, 5.41) is 4.77. The molecule has 0 unspecified atom stereocenters. The van der Waals surface area contributed by atoms with E-state index in [-0.39, 0.29) is 0 Å². The van der Waals surface area contributed by atoms with E-state index in [0.29, 0.717) is 17.5 Å². The van der Waals surface area contributed by atoms with Gasteiger partial charge in [0, 0.05) is 58.9 Å².